The summed E-state index contributed by atoms with van der Waals surface area (Å²) in [5.74, 6) is -0.755. The zero-order valence-corrected chi connectivity index (χ0v) is 9.36. The third-order valence-corrected chi connectivity index (χ3v) is 3.02. The molecule has 0 radical (unpaired) electrons. The lowest BCUT2D eigenvalue weighted by molar-refractivity contribution is -0.141. The summed E-state index contributed by atoms with van der Waals surface area (Å²) < 4.78 is 9.67. The topological polar surface area (TPSA) is 52.6 Å². The smallest absolute Gasteiger partial charge is 0.335 e. The number of rotatable bonds is 3. The highest BCUT2D eigenvalue weighted by atomic mass is 16.5. The third-order valence-electron chi connectivity index (χ3n) is 3.02. The van der Waals surface area contributed by atoms with E-state index in [-0.39, 0.29) is 17.8 Å². The first-order valence-corrected chi connectivity index (χ1v) is 5.36. The molecular weight excluding hydrogens is 208 g/mol. The standard InChI is InChI=1S/C12H14O4/c1-3-16-12(14)10-8-5-4-7(6-8)9(10)11(13)15-2/h4-5,7-8H,3,6H2,1-2H3. The van der Waals surface area contributed by atoms with Crippen LogP contribution in [0.5, 0.6) is 0 Å². The van der Waals surface area contributed by atoms with E-state index in [2.05, 4.69) is 0 Å². The highest BCUT2D eigenvalue weighted by Gasteiger charge is 2.42. The van der Waals surface area contributed by atoms with Crippen LogP contribution in [0.4, 0.5) is 0 Å². The third kappa shape index (κ3) is 1.54. The van der Waals surface area contributed by atoms with Gasteiger partial charge in [-0.1, -0.05) is 12.2 Å². The maximum Gasteiger partial charge on any atom is 0.335 e. The quantitative estimate of drug-likeness (QED) is 0.532. The van der Waals surface area contributed by atoms with Crippen LogP contribution in [-0.4, -0.2) is 25.7 Å². The fourth-order valence-electron chi connectivity index (χ4n) is 2.37. The number of fused-ring (bicyclic) bond motifs is 2. The molecule has 0 N–H and O–H groups in total. The average Bonchev–Trinajstić information content (AvgIpc) is 2.87. The Labute approximate surface area is 93.9 Å². The molecule has 2 unspecified atom stereocenters. The van der Waals surface area contributed by atoms with E-state index >= 15 is 0 Å². The number of carbonyl (C=O) groups excluding carboxylic acids is 2. The molecule has 0 aliphatic heterocycles. The lowest BCUT2D eigenvalue weighted by Crippen LogP contribution is -2.18. The highest BCUT2D eigenvalue weighted by Crippen LogP contribution is 2.44. The summed E-state index contributed by atoms with van der Waals surface area (Å²) in [6, 6.07) is 0. The number of hydrogen-bond donors (Lipinski definition) is 0. The van der Waals surface area contributed by atoms with E-state index in [9.17, 15) is 9.59 Å². The average molecular weight is 222 g/mol. The maximum absolute atomic E-state index is 11.7. The van der Waals surface area contributed by atoms with Gasteiger partial charge in [0, 0.05) is 11.8 Å². The highest BCUT2D eigenvalue weighted by molar-refractivity contribution is 6.03. The number of esters is 2. The van der Waals surface area contributed by atoms with Gasteiger partial charge in [-0.2, -0.15) is 0 Å². The van der Waals surface area contributed by atoms with Crippen LogP contribution in [-0.2, 0) is 19.1 Å². The van der Waals surface area contributed by atoms with Gasteiger partial charge in [0.25, 0.3) is 0 Å². The van der Waals surface area contributed by atoms with Crippen LogP contribution in [0.2, 0.25) is 0 Å². The number of allylic oxidation sites excluding steroid dienone is 2. The maximum atomic E-state index is 11.7. The second kappa shape index (κ2) is 4.12. The normalized spacial score (nSPS) is 26.1. The minimum Gasteiger partial charge on any atom is -0.466 e. The Morgan fingerprint density at radius 3 is 2.31 bits per heavy atom. The molecule has 16 heavy (non-hydrogen) atoms. The van der Waals surface area contributed by atoms with Gasteiger partial charge in [-0.05, 0) is 13.3 Å². The second-order valence-electron chi connectivity index (χ2n) is 3.87. The zero-order valence-electron chi connectivity index (χ0n) is 9.36. The second-order valence-corrected chi connectivity index (χ2v) is 3.87. The van der Waals surface area contributed by atoms with Crippen molar-refractivity contribution < 1.29 is 19.1 Å². The van der Waals surface area contributed by atoms with Crippen molar-refractivity contribution in [1.29, 1.82) is 0 Å². The Kier molecular flexibility index (Phi) is 2.81. The fourth-order valence-corrected chi connectivity index (χ4v) is 2.37. The van der Waals surface area contributed by atoms with Crippen LogP contribution >= 0.6 is 0 Å². The van der Waals surface area contributed by atoms with Gasteiger partial charge in [-0.3, -0.25) is 0 Å². The summed E-state index contributed by atoms with van der Waals surface area (Å²) in [7, 11) is 1.33. The first-order chi connectivity index (χ1) is 7.69. The lowest BCUT2D eigenvalue weighted by Gasteiger charge is -2.13. The molecule has 2 bridgehead atoms. The summed E-state index contributed by atoms with van der Waals surface area (Å²) in [4.78, 5) is 23.3. The first-order valence-electron chi connectivity index (χ1n) is 5.36. The van der Waals surface area contributed by atoms with Crippen molar-refractivity contribution in [2.75, 3.05) is 13.7 Å². The van der Waals surface area contributed by atoms with Crippen LogP contribution in [0, 0.1) is 11.8 Å². The van der Waals surface area contributed by atoms with Gasteiger partial charge < -0.3 is 9.47 Å². The van der Waals surface area contributed by atoms with E-state index in [0.717, 1.165) is 6.42 Å². The van der Waals surface area contributed by atoms with Crippen LogP contribution < -0.4 is 0 Å². The summed E-state index contributed by atoms with van der Waals surface area (Å²) in [5, 5.41) is 0. The zero-order chi connectivity index (χ0) is 11.7. The van der Waals surface area contributed by atoms with E-state index in [1.807, 2.05) is 12.2 Å². The molecular formula is C12H14O4. The molecule has 2 rings (SSSR count). The van der Waals surface area contributed by atoms with Crippen molar-refractivity contribution in [3.05, 3.63) is 23.3 Å². The van der Waals surface area contributed by atoms with Crippen LogP contribution in [0.25, 0.3) is 0 Å². The van der Waals surface area contributed by atoms with Gasteiger partial charge in [-0.15, -0.1) is 0 Å². The SMILES string of the molecule is CCOC(=O)C1=C(C(=O)OC)C2C=CC1C2. The van der Waals surface area contributed by atoms with Crippen molar-refractivity contribution >= 4 is 11.9 Å². The predicted molar refractivity (Wildman–Crippen MR) is 56.4 cm³/mol. The van der Waals surface area contributed by atoms with Gasteiger partial charge >= 0.3 is 11.9 Å². The number of hydrogen-bond acceptors (Lipinski definition) is 4. The molecule has 0 fully saturated rings. The molecule has 0 aromatic rings. The van der Waals surface area contributed by atoms with Gasteiger partial charge in [0.05, 0.1) is 24.9 Å². The minimum absolute atomic E-state index is 0.0249. The van der Waals surface area contributed by atoms with E-state index in [0.29, 0.717) is 17.8 Å². The van der Waals surface area contributed by atoms with Gasteiger partial charge in [0.15, 0.2) is 0 Å². The molecule has 0 aromatic carbocycles. The van der Waals surface area contributed by atoms with Crippen molar-refractivity contribution in [1.82, 2.24) is 0 Å². The lowest BCUT2D eigenvalue weighted by atomic mass is 9.97. The Morgan fingerprint density at radius 2 is 1.81 bits per heavy atom. The number of carbonyl (C=O) groups is 2. The first kappa shape index (κ1) is 10.9. The Morgan fingerprint density at radius 1 is 1.25 bits per heavy atom. The van der Waals surface area contributed by atoms with Crippen molar-refractivity contribution in [2.24, 2.45) is 11.8 Å². The van der Waals surface area contributed by atoms with E-state index < -0.39 is 5.97 Å². The molecule has 0 aromatic heterocycles. The van der Waals surface area contributed by atoms with Gasteiger partial charge in [0.1, 0.15) is 0 Å². The largest absolute Gasteiger partial charge is 0.466 e. The van der Waals surface area contributed by atoms with E-state index in [1.165, 1.54) is 7.11 Å². The van der Waals surface area contributed by atoms with Crippen molar-refractivity contribution in [3.8, 4) is 0 Å². The summed E-state index contributed by atoms with van der Waals surface area (Å²) in [5.41, 5.74) is 0.967. The predicted octanol–water partition coefficient (Wildman–Crippen LogP) is 1.22. The van der Waals surface area contributed by atoms with Crippen molar-refractivity contribution in [2.45, 2.75) is 13.3 Å². The molecule has 2 aliphatic rings. The van der Waals surface area contributed by atoms with Crippen LogP contribution in [0.1, 0.15) is 13.3 Å². The molecule has 2 aliphatic carbocycles. The minimum atomic E-state index is -0.417. The molecule has 0 spiro atoms. The monoisotopic (exact) mass is 222 g/mol. The molecule has 4 nitrogen and oxygen atoms in total. The number of methoxy groups -OCH3 is 1. The molecule has 2 atom stereocenters. The molecule has 86 valence electrons. The summed E-state index contributed by atoms with van der Waals surface area (Å²) in [6.07, 6.45) is 4.71. The fraction of sp³-hybridized carbons (Fsp3) is 0.500. The Bertz CT molecular complexity index is 392. The molecule has 0 saturated heterocycles. The van der Waals surface area contributed by atoms with Gasteiger partial charge in [-0.25, -0.2) is 9.59 Å². The number of ether oxygens (including phenoxy) is 2. The van der Waals surface area contributed by atoms with Crippen LogP contribution in [0.15, 0.2) is 23.3 Å². The molecule has 0 heterocycles. The Hall–Kier alpha value is -1.58. The Balaban J connectivity index is 2.33. The van der Waals surface area contributed by atoms with Crippen LogP contribution in [0.3, 0.4) is 0 Å². The molecule has 0 saturated carbocycles. The summed E-state index contributed by atoms with van der Waals surface area (Å²) in [6.45, 7) is 2.07. The summed E-state index contributed by atoms with van der Waals surface area (Å²) >= 11 is 0. The van der Waals surface area contributed by atoms with E-state index in [1.54, 1.807) is 6.92 Å². The van der Waals surface area contributed by atoms with Crippen molar-refractivity contribution in [3.63, 3.8) is 0 Å². The van der Waals surface area contributed by atoms with Gasteiger partial charge in [0.2, 0.25) is 0 Å². The molecule has 0 amide bonds. The van der Waals surface area contributed by atoms with E-state index in [4.69, 9.17) is 9.47 Å². The molecule has 4 heteroatoms.